The topological polar surface area (TPSA) is 116 Å². The molecule has 2 rings (SSSR count). The molecule has 8 heteroatoms. The molecule has 0 amide bonds. The van der Waals surface area contributed by atoms with Crippen molar-refractivity contribution in [3.05, 3.63) is 29.5 Å². The summed E-state index contributed by atoms with van der Waals surface area (Å²) in [5.74, 6) is 1.17. The van der Waals surface area contributed by atoms with E-state index in [0.717, 1.165) is 0 Å². The Hall–Kier alpha value is -2.64. The first kappa shape index (κ1) is 13.8. The second-order valence-corrected chi connectivity index (χ2v) is 4.05. The molecule has 106 valence electrons. The van der Waals surface area contributed by atoms with Crippen LogP contribution < -0.4 is 11.1 Å². The number of esters is 1. The zero-order valence-electron chi connectivity index (χ0n) is 11.2. The quantitative estimate of drug-likeness (QED) is 0.771. The van der Waals surface area contributed by atoms with Crippen LogP contribution >= 0.6 is 0 Å². The minimum atomic E-state index is -0.498. The van der Waals surface area contributed by atoms with Gasteiger partial charge in [-0.3, -0.25) is 0 Å². The number of hydrogen-bond donors (Lipinski definition) is 2. The predicted molar refractivity (Wildman–Crippen MR) is 71.2 cm³/mol. The average molecular weight is 277 g/mol. The summed E-state index contributed by atoms with van der Waals surface area (Å²) in [6.07, 6.45) is 1.99. The first-order chi connectivity index (χ1) is 9.60. The van der Waals surface area contributed by atoms with E-state index in [2.05, 4.69) is 25.2 Å². The van der Waals surface area contributed by atoms with E-state index in [1.54, 1.807) is 13.0 Å². The second kappa shape index (κ2) is 6.00. The summed E-state index contributed by atoms with van der Waals surface area (Å²) in [4.78, 5) is 19.7. The maximum atomic E-state index is 11.5. The molecule has 0 atom stereocenters. The molecule has 2 heterocycles. The molecule has 0 aliphatic carbocycles. The Kier molecular flexibility index (Phi) is 4.14. The van der Waals surface area contributed by atoms with Crippen LogP contribution in [0.25, 0.3) is 0 Å². The Bertz CT molecular complexity index is 611. The number of nitrogens with two attached hydrogens (primary N) is 1. The van der Waals surface area contributed by atoms with Crippen LogP contribution in [0.1, 0.15) is 22.1 Å². The number of nitrogen functional groups attached to an aromatic ring is 1. The molecule has 20 heavy (non-hydrogen) atoms. The van der Waals surface area contributed by atoms with Crippen molar-refractivity contribution in [2.45, 2.75) is 13.3 Å². The number of carbonyl (C=O) groups is 1. The molecule has 0 saturated carbocycles. The summed E-state index contributed by atoms with van der Waals surface area (Å²) in [5.41, 5.74) is 6.22. The Morgan fingerprint density at radius 2 is 2.35 bits per heavy atom. The summed E-state index contributed by atoms with van der Waals surface area (Å²) < 4.78 is 9.51. The number of methoxy groups -OCH3 is 1. The zero-order chi connectivity index (χ0) is 14.5. The fourth-order valence-electron chi connectivity index (χ4n) is 1.59. The van der Waals surface area contributed by atoms with Crippen LogP contribution in [0.3, 0.4) is 0 Å². The van der Waals surface area contributed by atoms with Crippen LogP contribution in [-0.2, 0) is 11.2 Å². The van der Waals surface area contributed by atoms with E-state index in [4.69, 9.17) is 10.3 Å². The fraction of sp³-hybridized carbons (Fsp3) is 0.333. The van der Waals surface area contributed by atoms with E-state index in [1.165, 1.54) is 13.3 Å². The first-order valence-electron chi connectivity index (χ1n) is 5.97. The lowest BCUT2D eigenvalue weighted by Crippen LogP contribution is -2.11. The third-order valence-corrected chi connectivity index (χ3v) is 2.56. The molecule has 0 saturated heterocycles. The van der Waals surface area contributed by atoms with Gasteiger partial charge in [-0.25, -0.2) is 9.78 Å². The molecule has 0 radical (unpaired) electrons. The number of carbonyl (C=O) groups excluding carboxylic acids is 1. The number of nitrogens with one attached hydrogen (secondary N) is 1. The molecule has 0 spiro atoms. The summed E-state index contributed by atoms with van der Waals surface area (Å²) in [7, 11) is 1.30. The van der Waals surface area contributed by atoms with Gasteiger partial charge < -0.3 is 20.3 Å². The molecule has 0 fully saturated rings. The van der Waals surface area contributed by atoms with E-state index in [0.29, 0.717) is 30.5 Å². The van der Waals surface area contributed by atoms with Gasteiger partial charge in [0, 0.05) is 19.9 Å². The van der Waals surface area contributed by atoms with Gasteiger partial charge in [0.25, 0.3) is 0 Å². The normalized spacial score (nSPS) is 10.3. The van der Waals surface area contributed by atoms with Gasteiger partial charge in [-0.05, 0) is 6.07 Å². The number of aromatic nitrogens is 3. The van der Waals surface area contributed by atoms with Crippen LogP contribution in [0.4, 0.5) is 11.5 Å². The second-order valence-electron chi connectivity index (χ2n) is 4.05. The van der Waals surface area contributed by atoms with Crippen molar-refractivity contribution >= 4 is 17.5 Å². The van der Waals surface area contributed by atoms with Crippen molar-refractivity contribution in [3.63, 3.8) is 0 Å². The lowest BCUT2D eigenvalue weighted by atomic mass is 10.2. The van der Waals surface area contributed by atoms with Crippen molar-refractivity contribution in [1.82, 2.24) is 15.1 Å². The Balaban J connectivity index is 1.97. The van der Waals surface area contributed by atoms with Gasteiger partial charge in [0.15, 0.2) is 5.82 Å². The fourth-order valence-corrected chi connectivity index (χ4v) is 1.59. The minimum absolute atomic E-state index is 0.274. The van der Waals surface area contributed by atoms with Crippen LogP contribution in [0, 0.1) is 6.92 Å². The highest BCUT2D eigenvalue weighted by molar-refractivity contribution is 5.95. The summed E-state index contributed by atoms with van der Waals surface area (Å²) in [6, 6.07) is 1.54. The highest BCUT2D eigenvalue weighted by Crippen LogP contribution is 2.15. The average Bonchev–Trinajstić information content (AvgIpc) is 2.85. The molecule has 0 aliphatic rings. The van der Waals surface area contributed by atoms with Crippen molar-refractivity contribution in [3.8, 4) is 0 Å². The standard InChI is InChI=1S/C12H15N5O3/c1-7-16-10(17-20-7)3-4-14-11-5-8(12(18)19-2)9(13)6-15-11/h5-6H,3-4,13H2,1-2H3,(H,14,15). The first-order valence-corrected chi connectivity index (χ1v) is 5.97. The van der Waals surface area contributed by atoms with Gasteiger partial charge in [0.2, 0.25) is 5.89 Å². The molecule has 0 aliphatic heterocycles. The monoisotopic (exact) mass is 277 g/mol. The van der Waals surface area contributed by atoms with Gasteiger partial charge in [-0.2, -0.15) is 4.98 Å². The minimum Gasteiger partial charge on any atom is -0.465 e. The Morgan fingerprint density at radius 3 is 3.00 bits per heavy atom. The van der Waals surface area contributed by atoms with E-state index >= 15 is 0 Å². The number of anilines is 2. The number of ether oxygens (including phenoxy) is 1. The number of aryl methyl sites for hydroxylation is 1. The third kappa shape index (κ3) is 3.22. The highest BCUT2D eigenvalue weighted by atomic mass is 16.5. The lowest BCUT2D eigenvalue weighted by molar-refractivity contribution is 0.0602. The van der Waals surface area contributed by atoms with Gasteiger partial charge >= 0.3 is 5.97 Å². The molecule has 0 aromatic carbocycles. The number of hydrogen-bond acceptors (Lipinski definition) is 8. The number of nitrogens with zero attached hydrogens (tertiary/aromatic N) is 3. The number of rotatable bonds is 5. The SMILES string of the molecule is COC(=O)c1cc(NCCc2noc(C)n2)ncc1N. The van der Waals surface area contributed by atoms with E-state index in [9.17, 15) is 4.79 Å². The van der Waals surface area contributed by atoms with Crippen molar-refractivity contribution < 1.29 is 14.1 Å². The molecule has 0 bridgehead atoms. The summed E-state index contributed by atoms with van der Waals surface area (Å²) in [6.45, 7) is 2.28. The smallest absolute Gasteiger partial charge is 0.340 e. The van der Waals surface area contributed by atoms with E-state index in [-0.39, 0.29) is 11.3 Å². The van der Waals surface area contributed by atoms with E-state index in [1.807, 2.05) is 0 Å². The molecule has 2 aromatic heterocycles. The van der Waals surface area contributed by atoms with Crippen LogP contribution in [0.15, 0.2) is 16.8 Å². The van der Waals surface area contributed by atoms with Crippen LogP contribution in [0.5, 0.6) is 0 Å². The summed E-state index contributed by atoms with van der Waals surface area (Å²) in [5, 5.41) is 6.83. The molecular formula is C12H15N5O3. The molecule has 0 unspecified atom stereocenters. The van der Waals surface area contributed by atoms with Gasteiger partial charge in [0.1, 0.15) is 5.82 Å². The Morgan fingerprint density at radius 1 is 1.55 bits per heavy atom. The molecule has 2 aromatic rings. The van der Waals surface area contributed by atoms with Crippen LogP contribution in [0.2, 0.25) is 0 Å². The number of pyridine rings is 1. The third-order valence-electron chi connectivity index (χ3n) is 2.56. The van der Waals surface area contributed by atoms with Crippen molar-refractivity contribution in [2.24, 2.45) is 0 Å². The van der Waals surface area contributed by atoms with Crippen LogP contribution in [-0.4, -0.2) is 34.7 Å². The van der Waals surface area contributed by atoms with Crippen molar-refractivity contribution in [2.75, 3.05) is 24.7 Å². The maximum absolute atomic E-state index is 11.5. The largest absolute Gasteiger partial charge is 0.465 e. The zero-order valence-corrected chi connectivity index (χ0v) is 11.2. The van der Waals surface area contributed by atoms with Crippen molar-refractivity contribution in [1.29, 1.82) is 0 Å². The highest BCUT2D eigenvalue weighted by Gasteiger charge is 2.11. The Labute approximate surface area is 115 Å². The molecular weight excluding hydrogens is 262 g/mol. The molecule has 8 nitrogen and oxygen atoms in total. The van der Waals surface area contributed by atoms with E-state index < -0.39 is 5.97 Å². The van der Waals surface area contributed by atoms with Gasteiger partial charge in [0.05, 0.1) is 24.6 Å². The van der Waals surface area contributed by atoms with Gasteiger partial charge in [-0.1, -0.05) is 5.16 Å². The van der Waals surface area contributed by atoms with Gasteiger partial charge in [-0.15, -0.1) is 0 Å². The maximum Gasteiger partial charge on any atom is 0.340 e. The lowest BCUT2D eigenvalue weighted by Gasteiger charge is -2.07. The molecule has 3 N–H and O–H groups in total. The predicted octanol–water partition coefficient (Wildman–Crippen LogP) is 0.796. The summed E-state index contributed by atoms with van der Waals surface area (Å²) >= 11 is 0.